The molecular weight excluding hydrogens is 504 g/mol. The summed E-state index contributed by atoms with van der Waals surface area (Å²) >= 11 is 1.75. The van der Waals surface area contributed by atoms with Crippen molar-refractivity contribution in [2.45, 2.75) is 25.4 Å². The second kappa shape index (κ2) is 9.09. The van der Waals surface area contributed by atoms with Gasteiger partial charge in [0.2, 0.25) is 0 Å². The molecule has 4 aromatic rings. The van der Waals surface area contributed by atoms with Crippen molar-refractivity contribution in [3.05, 3.63) is 102 Å². The molecule has 3 aliphatic heterocycles. The summed E-state index contributed by atoms with van der Waals surface area (Å²) in [5.41, 5.74) is 4.39. The van der Waals surface area contributed by atoms with Crippen LogP contribution in [0.5, 0.6) is 17.2 Å². The minimum atomic E-state index is -0.257. The van der Waals surface area contributed by atoms with Crippen LogP contribution in [0.2, 0.25) is 0 Å². The summed E-state index contributed by atoms with van der Waals surface area (Å²) in [5.74, 6) is 2.80. The highest BCUT2D eigenvalue weighted by Gasteiger charge is 2.53. The minimum absolute atomic E-state index is 0.0148. The van der Waals surface area contributed by atoms with Crippen LogP contribution in [0.3, 0.4) is 0 Å². The molecule has 7 rings (SSSR count). The predicted octanol–water partition coefficient (Wildman–Crippen LogP) is 7.63. The Morgan fingerprint density at radius 2 is 1.51 bits per heavy atom. The average molecular weight is 535 g/mol. The monoisotopic (exact) mass is 534 g/mol. The summed E-state index contributed by atoms with van der Waals surface area (Å²) in [6.07, 6.45) is 0. The third kappa shape index (κ3) is 3.73. The number of benzene rings is 4. The highest BCUT2D eigenvalue weighted by molar-refractivity contribution is 8.22. The third-order valence-electron chi connectivity index (χ3n) is 8.30. The van der Waals surface area contributed by atoms with Gasteiger partial charge in [0, 0.05) is 21.9 Å². The Balaban J connectivity index is 1.42. The fraction of sp³-hybridized carbons (Fsp3) is 0.242. The standard InChI is InChI=1S/C33H30N2O3S/c1-33(2)26-19-38-27-18-13-20-7-5-6-8-25(20)28(27)29(26)34-32-35(33)30(21-9-14-23(36-3)15-10-21)31(39-32)22-11-16-24(37-4)17-12-22/h5-18,26,29H,19H2,1-4H3/t26-,29-/m0/s1. The molecule has 0 spiro atoms. The van der Waals surface area contributed by atoms with Gasteiger partial charge < -0.3 is 19.1 Å². The van der Waals surface area contributed by atoms with Crippen molar-refractivity contribution in [2.75, 3.05) is 20.8 Å². The highest BCUT2D eigenvalue weighted by Crippen LogP contribution is 2.57. The second-order valence-corrected chi connectivity index (χ2v) is 11.7. The van der Waals surface area contributed by atoms with Gasteiger partial charge >= 0.3 is 0 Å². The van der Waals surface area contributed by atoms with Crippen molar-refractivity contribution >= 4 is 38.3 Å². The molecule has 39 heavy (non-hydrogen) atoms. The van der Waals surface area contributed by atoms with Gasteiger partial charge in [-0.2, -0.15) is 0 Å². The first-order valence-corrected chi connectivity index (χ1v) is 14.0. The minimum Gasteiger partial charge on any atom is -0.497 e. The molecule has 0 fully saturated rings. The summed E-state index contributed by atoms with van der Waals surface area (Å²) in [6.45, 7) is 5.29. The van der Waals surface area contributed by atoms with E-state index in [1.807, 2.05) is 24.3 Å². The molecular formula is C33H30N2O3S. The maximum absolute atomic E-state index is 6.44. The molecule has 0 saturated carbocycles. The van der Waals surface area contributed by atoms with Crippen molar-refractivity contribution in [1.82, 2.24) is 4.90 Å². The molecule has 6 heteroatoms. The van der Waals surface area contributed by atoms with E-state index in [9.17, 15) is 0 Å². The number of hydrogen-bond donors (Lipinski definition) is 0. The number of aliphatic imine (C=N–C) groups is 1. The van der Waals surface area contributed by atoms with Crippen LogP contribution in [0.15, 0.2) is 89.9 Å². The zero-order chi connectivity index (χ0) is 26.7. The molecule has 5 nitrogen and oxygen atoms in total. The van der Waals surface area contributed by atoms with E-state index in [4.69, 9.17) is 19.2 Å². The Morgan fingerprint density at radius 1 is 0.846 bits per heavy atom. The summed E-state index contributed by atoms with van der Waals surface area (Å²) in [5, 5.41) is 3.47. The van der Waals surface area contributed by atoms with Gasteiger partial charge in [0.15, 0.2) is 5.17 Å². The van der Waals surface area contributed by atoms with E-state index in [0.717, 1.165) is 33.5 Å². The number of thioether (sulfide) groups is 1. The van der Waals surface area contributed by atoms with E-state index in [0.29, 0.717) is 6.61 Å². The summed E-state index contributed by atoms with van der Waals surface area (Å²) < 4.78 is 17.4. The van der Waals surface area contributed by atoms with Crippen LogP contribution in [0, 0.1) is 5.92 Å². The molecule has 3 aliphatic rings. The van der Waals surface area contributed by atoms with Crippen molar-refractivity contribution in [3.8, 4) is 17.2 Å². The first kappa shape index (κ1) is 24.2. The Morgan fingerprint density at radius 3 is 2.21 bits per heavy atom. The summed E-state index contributed by atoms with van der Waals surface area (Å²) in [7, 11) is 3.40. The fourth-order valence-corrected chi connectivity index (χ4v) is 7.48. The number of ether oxygens (including phenoxy) is 3. The molecule has 0 amide bonds. The van der Waals surface area contributed by atoms with Crippen LogP contribution in [0.4, 0.5) is 0 Å². The molecule has 0 radical (unpaired) electrons. The number of amidine groups is 1. The molecule has 196 valence electrons. The third-order valence-corrected chi connectivity index (χ3v) is 9.40. The van der Waals surface area contributed by atoms with Gasteiger partial charge in [-0.15, -0.1) is 0 Å². The van der Waals surface area contributed by atoms with Gasteiger partial charge in [-0.25, -0.2) is 0 Å². The number of hydrogen-bond acceptors (Lipinski definition) is 6. The zero-order valence-electron chi connectivity index (χ0n) is 22.5. The summed E-state index contributed by atoms with van der Waals surface area (Å²) in [4.78, 5) is 9.14. The van der Waals surface area contributed by atoms with Crippen LogP contribution in [-0.2, 0) is 0 Å². The van der Waals surface area contributed by atoms with Crippen LogP contribution in [0.1, 0.15) is 36.6 Å². The molecule has 0 N–H and O–H groups in total. The zero-order valence-corrected chi connectivity index (χ0v) is 23.3. The second-order valence-electron chi connectivity index (χ2n) is 10.7. The Hall–Kier alpha value is -3.90. The van der Waals surface area contributed by atoms with Crippen molar-refractivity contribution in [2.24, 2.45) is 10.9 Å². The van der Waals surface area contributed by atoms with E-state index in [2.05, 4.69) is 79.4 Å². The van der Waals surface area contributed by atoms with Crippen molar-refractivity contribution in [3.63, 3.8) is 0 Å². The van der Waals surface area contributed by atoms with Gasteiger partial charge in [0.05, 0.1) is 32.6 Å². The molecule has 4 aromatic carbocycles. The smallest absolute Gasteiger partial charge is 0.169 e. The first-order chi connectivity index (χ1) is 19.0. The molecule has 0 unspecified atom stereocenters. The maximum atomic E-state index is 6.44. The topological polar surface area (TPSA) is 43.3 Å². The average Bonchev–Trinajstić information content (AvgIpc) is 3.37. The van der Waals surface area contributed by atoms with Crippen molar-refractivity contribution in [1.29, 1.82) is 0 Å². The van der Waals surface area contributed by atoms with Gasteiger partial charge in [0.1, 0.15) is 17.2 Å². The number of rotatable bonds is 4. The Labute approximate surface area is 233 Å². The van der Waals surface area contributed by atoms with E-state index < -0.39 is 0 Å². The normalized spacial score (nSPS) is 21.0. The molecule has 3 heterocycles. The number of methoxy groups -OCH3 is 2. The van der Waals surface area contributed by atoms with E-state index >= 15 is 0 Å². The maximum Gasteiger partial charge on any atom is 0.169 e. The van der Waals surface area contributed by atoms with Crippen LogP contribution >= 0.6 is 11.8 Å². The Kier molecular flexibility index (Phi) is 5.63. The van der Waals surface area contributed by atoms with Crippen LogP contribution in [-0.4, -0.2) is 36.4 Å². The van der Waals surface area contributed by atoms with Gasteiger partial charge in [0.25, 0.3) is 0 Å². The number of nitrogens with zero attached hydrogens (tertiary/aromatic N) is 2. The summed E-state index contributed by atoms with van der Waals surface area (Å²) in [6, 6.07) is 29.5. The molecule has 2 atom stereocenters. The first-order valence-electron chi connectivity index (χ1n) is 13.2. The lowest BCUT2D eigenvalue weighted by Crippen LogP contribution is -2.56. The van der Waals surface area contributed by atoms with E-state index in [-0.39, 0.29) is 17.5 Å². The quantitative estimate of drug-likeness (QED) is 0.269. The van der Waals surface area contributed by atoms with Crippen molar-refractivity contribution < 1.29 is 14.2 Å². The lowest BCUT2D eigenvalue weighted by Gasteiger charge is -2.51. The predicted molar refractivity (Wildman–Crippen MR) is 159 cm³/mol. The lowest BCUT2D eigenvalue weighted by molar-refractivity contribution is 0.0755. The van der Waals surface area contributed by atoms with E-state index in [1.54, 1.807) is 26.0 Å². The lowest BCUT2D eigenvalue weighted by atomic mass is 9.74. The molecule has 0 aliphatic carbocycles. The van der Waals surface area contributed by atoms with Gasteiger partial charge in [-0.1, -0.05) is 42.5 Å². The van der Waals surface area contributed by atoms with Crippen LogP contribution < -0.4 is 14.2 Å². The van der Waals surface area contributed by atoms with Gasteiger partial charge in [-0.3, -0.25) is 4.99 Å². The fourth-order valence-electron chi connectivity index (χ4n) is 6.16. The number of fused-ring (bicyclic) bond motifs is 6. The highest BCUT2D eigenvalue weighted by atomic mass is 32.2. The van der Waals surface area contributed by atoms with Gasteiger partial charge in [-0.05, 0) is 90.0 Å². The molecule has 0 bridgehead atoms. The molecule has 0 aromatic heterocycles. The van der Waals surface area contributed by atoms with Crippen LogP contribution in [0.25, 0.3) is 21.4 Å². The Bertz CT molecular complexity index is 1640. The SMILES string of the molecule is COc1ccc(C2=C(c3ccc(OC)cc3)N3C(=N[C@@H]4c5c(ccc6ccccc56)OC[C@@H]4C3(C)C)S2)cc1. The largest absolute Gasteiger partial charge is 0.497 e. The molecule has 0 saturated heterocycles. The van der Waals surface area contributed by atoms with E-state index in [1.165, 1.54) is 26.9 Å².